The molecule has 2 N–H and O–H groups in total. The lowest BCUT2D eigenvalue weighted by atomic mass is 9.84. The Kier molecular flexibility index (Phi) is 6.80. The first-order valence-electron chi connectivity index (χ1n) is 8.03. The van der Waals surface area contributed by atoms with E-state index in [1.165, 1.54) is 19.3 Å². The molecule has 0 aromatic rings. The van der Waals surface area contributed by atoms with Crippen molar-refractivity contribution in [2.45, 2.75) is 77.4 Å². The molecule has 0 spiro atoms. The number of hydrogen-bond acceptors (Lipinski definition) is 2. The molecule has 0 saturated heterocycles. The zero-order chi connectivity index (χ0) is 15.1. The van der Waals surface area contributed by atoms with Crippen molar-refractivity contribution in [3.63, 3.8) is 0 Å². The van der Waals surface area contributed by atoms with Gasteiger partial charge in [0.1, 0.15) is 0 Å². The minimum atomic E-state index is 0.00373. The molecule has 0 amide bonds. The molecule has 20 heavy (non-hydrogen) atoms. The summed E-state index contributed by atoms with van der Waals surface area (Å²) in [4.78, 5) is 4.31. The average Bonchev–Trinajstić information content (AvgIpc) is 2.41. The lowest BCUT2D eigenvalue weighted by molar-refractivity contribution is -0.0657. The topological polar surface area (TPSA) is 45.6 Å². The van der Waals surface area contributed by atoms with E-state index in [-0.39, 0.29) is 11.1 Å². The van der Waals surface area contributed by atoms with Crippen molar-refractivity contribution in [3.8, 4) is 0 Å². The summed E-state index contributed by atoms with van der Waals surface area (Å²) in [7, 11) is 1.82. The molecule has 0 atom stereocenters. The van der Waals surface area contributed by atoms with Gasteiger partial charge in [0, 0.05) is 25.7 Å². The van der Waals surface area contributed by atoms with Crippen LogP contribution in [-0.4, -0.2) is 37.3 Å². The standard InChI is InChI=1S/C16H33N3O/c1-6-12-20-16(10-8-7-9-11-16)13-18-14(17-5)19-15(2,3)4/h6-13H2,1-5H3,(H2,17,18,19). The number of nitrogens with one attached hydrogen (secondary N) is 2. The van der Waals surface area contributed by atoms with Crippen LogP contribution in [0.25, 0.3) is 0 Å². The van der Waals surface area contributed by atoms with Crippen LogP contribution < -0.4 is 10.6 Å². The molecular formula is C16H33N3O. The molecule has 1 saturated carbocycles. The van der Waals surface area contributed by atoms with Gasteiger partial charge in [-0.15, -0.1) is 0 Å². The molecule has 0 aromatic carbocycles. The SMILES string of the molecule is CCCOC1(CNC(=NC)NC(C)(C)C)CCCCC1. The number of ether oxygens (including phenoxy) is 1. The predicted molar refractivity (Wildman–Crippen MR) is 86.3 cm³/mol. The molecule has 0 unspecified atom stereocenters. The molecular weight excluding hydrogens is 250 g/mol. The first-order valence-corrected chi connectivity index (χ1v) is 8.03. The summed E-state index contributed by atoms with van der Waals surface area (Å²) in [6.07, 6.45) is 7.29. The van der Waals surface area contributed by atoms with Crippen molar-refractivity contribution >= 4 is 5.96 Å². The summed E-state index contributed by atoms with van der Waals surface area (Å²) in [6, 6.07) is 0. The van der Waals surface area contributed by atoms with Gasteiger partial charge in [0.2, 0.25) is 0 Å². The van der Waals surface area contributed by atoms with Gasteiger partial charge in [0.15, 0.2) is 5.96 Å². The second-order valence-corrected chi connectivity index (χ2v) is 6.89. The monoisotopic (exact) mass is 283 g/mol. The summed E-state index contributed by atoms with van der Waals surface area (Å²) < 4.78 is 6.20. The van der Waals surface area contributed by atoms with E-state index in [1.807, 2.05) is 7.05 Å². The zero-order valence-corrected chi connectivity index (χ0v) is 14.0. The van der Waals surface area contributed by atoms with Crippen molar-refractivity contribution in [2.24, 2.45) is 4.99 Å². The van der Waals surface area contributed by atoms with E-state index in [9.17, 15) is 0 Å². The Morgan fingerprint density at radius 2 is 1.85 bits per heavy atom. The van der Waals surface area contributed by atoms with Gasteiger partial charge < -0.3 is 15.4 Å². The number of hydrogen-bond donors (Lipinski definition) is 2. The summed E-state index contributed by atoms with van der Waals surface area (Å²) in [6.45, 7) is 10.3. The maximum absolute atomic E-state index is 6.20. The van der Waals surface area contributed by atoms with E-state index in [4.69, 9.17) is 4.74 Å². The maximum atomic E-state index is 6.20. The Labute approximate surface area is 124 Å². The summed E-state index contributed by atoms with van der Waals surface area (Å²) in [5.74, 6) is 0.863. The number of nitrogens with zero attached hydrogens (tertiary/aromatic N) is 1. The van der Waals surface area contributed by atoms with Crippen molar-refractivity contribution in [1.82, 2.24) is 10.6 Å². The molecule has 1 fully saturated rings. The first-order chi connectivity index (χ1) is 9.41. The van der Waals surface area contributed by atoms with Crippen LogP contribution in [0.2, 0.25) is 0 Å². The Hall–Kier alpha value is -0.770. The number of rotatable bonds is 5. The van der Waals surface area contributed by atoms with Crippen molar-refractivity contribution in [3.05, 3.63) is 0 Å². The van der Waals surface area contributed by atoms with Gasteiger partial charge in [-0.1, -0.05) is 26.2 Å². The Morgan fingerprint density at radius 1 is 1.20 bits per heavy atom. The van der Waals surface area contributed by atoms with E-state index in [0.717, 1.165) is 38.4 Å². The molecule has 0 bridgehead atoms. The van der Waals surface area contributed by atoms with Crippen LogP contribution in [0.5, 0.6) is 0 Å². The highest BCUT2D eigenvalue weighted by atomic mass is 16.5. The zero-order valence-electron chi connectivity index (χ0n) is 14.0. The molecule has 0 radical (unpaired) electrons. The van der Waals surface area contributed by atoms with Crippen LogP contribution in [0.15, 0.2) is 4.99 Å². The highest BCUT2D eigenvalue weighted by Crippen LogP contribution is 2.31. The van der Waals surface area contributed by atoms with Gasteiger partial charge >= 0.3 is 0 Å². The van der Waals surface area contributed by atoms with E-state index < -0.39 is 0 Å². The molecule has 1 rings (SSSR count). The average molecular weight is 283 g/mol. The molecule has 1 aliphatic rings. The molecule has 118 valence electrons. The lowest BCUT2D eigenvalue weighted by Gasteiger charge is -2.38. The van der Waals surface area contributed by atoms with Crippen LogP contribution in [0.4, 0.5) is 0 Å². The maximum Gasteiger partial charge on any atom is 0.191 e. The summed E-state index contributed by atoms with van der Waals surface area (Å²) >= 11 is 0. The fourth-order valence-electron chi connectivity index (χ4n) is 2.67. The van der Waals surface area contributed by atoms with Crippen molar-refractivity contribution in [1.29, 1.82) is 0 Å². The Balaban J connectivity index is 2.56. The van der Waals surface area contributed by atoms with Crippen LogP contribution in [0.3, 0.4) is 0 Å². The van der Waals surface area contributed by atoms with Gasteiger partial charge in [-0.05, 0) is 40.0 Å². The highest BCUT2D eigenvalue weighted by molar-refractivity contribution is 5.80. The van der Waals surface area contributed by atoms with Crippen molar-refractivity contribution in [2.75, 3.05) is 20.2 Å². The molecule has 1 aliphatic carbocycles. The van der Waals surface area contributed by atoms with Crippen LogP contribution in [-0.2, 0) is 4.74 Å². The van der Waals surface area contributed by atoms with Gasteiger partial charge in [-0.25, -0.2) is 0 Å². The Bertz CT molecular complexity index is 301. The van der Waals surface area contributed by atoms with Crippen LogP contribution in [0.1, 0.15) is 66.2 Å². The third kappa shape index (κ3) is 6.12. The molecule has 0 aliphatic heterocycles. The quantitative estimate of drug-likeness (QED) is 0.602. The fraction of sp³-hybridized carbons (Fsp3) is 0.938. The molecule has 4 nitrogen and oxygen atoms in total. The lowest BCUT2D eigenvalue weighted by Crippen LogP contribution is -2.53. The normalized spacial score (nSPS) is 19.8. The van der Waals surface area contributed by atoms with Crippen LogP contribution >= 0.6 is 0 Å². The number of aliphatic imine (C=N–C) groups is 1. The molecule has 4 heteroatoms. The minimum Gasteiger partial charge on any atom is -0.373 e. The summed E-state index contributed by atoms with van der Waals surface area (Å²) in [5.41, 5.74) is 0.0234. The first kappa shape index (κ1) is 17.3. The van der Waals surface area contributed by atoms with Gasteiger partial charge in [0.05, 0.1) is 5.60 Å². The van der Waals surface area contributed by atoms with E-state index in [2.05, 4.69) is 43.3 Å². The minimum absolute atomic E-state index is 0.00373. The fourth-order valence-corrected chi connectivity index (χ4v) is 2.67. The van der Waals surface area contributed by atoms with Crippen LogP contribution in [0, 0.1) is 0 Å². The van der Waals surface area contributed by atoms with E-state index in [0.29, 0.717) is 0 Å². The largest absolute Gasteiger partial charge is 0.373 e. The summed E-state index contributed by atoms with van der Waals surface area (Å²) in [5, 5.41) is 6.86. The third-order valence-electron chi connectivity index (χ3n) is 3.67. The molecule has 0 aromatic heterocycles. The number of guanidine groups is 1. The van der Waals surface area contributed by atoms with E-state index in [1.54, 1.807) is 0 Å². The van der Waals surface area contributed by atoms with E-state index >= 15 is 0 Å². The smallest absolute Gasteiger partial charge is 0.191 e. The molecule has 0 heterocycles. The van der Waals surface area contributed by atoms with Gasteiger partial charge in [0.25, 0.3) is 0 Å². The third-order valence-corrected chi connectivity index (χ3v) is 3.67. The Morgan fingerprint density at radius 3 is 2.35 bits per heavy atom. The predicted octanol–water partition coefficient (Wildman–Crippen LogP) is 3.08. The highest BCUT2D eigenvalue weighted by Gasteiger charge is 2.33. The second-order valence-electron chi connectivity index (χ2n) is 6.89. The second kappa shape index (κ2) is 7.87. The van der Waals surface area contributed by atoms with Gasteiger partial charge in [-0.3, -0.25) is 4.99 Å². The van der Waals surface area contributed by atoms with Crippen molar-refractivity contribution < 1.29 is 4.74 Å². The van der Waals surface area contributed by atoms with Gasteiger partial charge in [-0.2, -0.15) is 0 Å².